The number of carbonyl (C=O) groups is 2. The van der Waals surface area contributed by atoms with Gasteiger partial charge in [0.2, 0.25) is 0 Å². The summed E-state index contributed by atoms with van der Waals surface area (Å²) in [6, 6.07) is 13.5. The maximum atomic E-state index is 13.2. The third-order valence-electron chi connectivity index (χ3n) is 3.73. The van der Waals surface area contributed by atoms with Crippen LogP contribution in [-0.2, 0) is 0 Å². The lowest BCUT2D eigenvalue weighted by atomic mass is 10.1. The fourth-order valence-electron chi connectivity index (χ4n) is 2.68. The van der Waals surface area contributed by atoms with Crippen molar-refractivity contribution in [3.8, 4) is 0 Å². The molecule has 0 saturated carbocycles. The minimum absolute atomic E-state index is 0.246. The van der Waals surface area contributed by atoms with Crippen molar-refractivity contribution < 1.29 is 9.59 Å². The van der Waals surface area contributed by atoms with Crippen molar-refractivity contribution in [3.63, 3.8) is 0 Å². The Balaban J connectivity index is 2.48. The molecular weight excluding hydrogens is 371 g/mol. The molecule has 2 aromatic carbocycles. The van der Waals surface area contributed by atoms with Crippen LogP contribution in [0.25, 0.3) is 0 Å². The highest BCUT2D eigenvalue weighted by Crippen LogP contribution is 2.25. The van der Waals surface area contributed by atoms with Crippen molar-refractivity contribution in [2.45, 2.75) is 33.2 Å². The van der Waals surface area contributed by atoms with Crippen LogP contribution in [0.15, 0.2) is 48.5 Å². The Morgan fingerprint density at radius 3 is 1.88 bits per heavy atom. The van der Waals surface area contributed by atoms with Crippen LogP contribution in [0, 0.1) is 0 Å². The van der Waals surface area contributed by atoms with Crippen molar-refractivity contribution >= 4 is 35.0 Å². The summed E-state index contributed by atoms with van der Waals surface area (Å²) >= 11 is 12.1. The summed E-state index contributed by atoms with van der Waals surface area (Å²) < 4.78 is 0. The van der Waals surface area contributed by atoms with Gasteiger partial charge in [0, 0.05) is 27.7 Å². The Morgan fingerprint density at radius 1 is 0.885 bits per heavy atom. The largest absolute Gasteiger partial charge is 0.273 e. The summed E-state index contributed by atoms with van der Waals surface area (Å²) in [5.41, 5.74) is 0.212. The highest BCUT2D eigenvalue weighted by Gasteiger charge is 2.35. The molecule has 2 amide bonds. The highest BCUT2D eigenvalue weighted by atomic mass is 35.5. The number of hydrogen-bond donors (Lipinski definition) is 0. The minimum Gasteiger partial charge on any atom is -0.267 e. The van der Waals surface area contributed by atoms with E-state index in [0.717, 1.165) is 0 Å². The zero-order valence-electron chi connectivity index (χ0n) is 15.3. The molecule has 0 atom stereocenters. The fourth-order valence-corrected chi connectivity index (χ4v) is 3.21. The average Bonchev–Trinajstić information content (AvgIpc) is 2.57. The standard InChI is InChI=1S/C20H22Cl2N2O2/c1-5-23(18(25)14-9-7-6-8-10-14)24(20(2,3)4)19(26)15-11-16(21)13-17(22)12-15/h6-13H,5H2,1-4H3. The van der Waals surface area contributed by atoms with E-state index in [0.29, 0.717) is 27.7 Å². The van der Waals surface area contributed by atoms with Crippen LogP contribution in [0.3, 0.4) is 0 Å². The first kappa shape index (κ1) is 20.3. The molecule has 2 aromatic rings. The first-order valence-corrected chi connectivity index (χ1v) is 9.08. The van der Waals surface area contributed by atoms with Crippen molar-refractivity contribution in [2.75, 3.05) is 6.54 Å². The van der Waals surface area contributed by atoms with Crippen LogP contribution in [0.1, 0.15) is 48.4 Å². The van der Waals surface area contributed by atoms with E-state index in [4.69, 9.17) is 23.2 Å². The van der Waals surface area contributed by atoms with Gasteiger partial charge < -0.3 is 0 Å². The summed E-state index contributed by atoms with van der Waals surface area (Å²) in [5.74, 6) is -0.586. The van der Waals surface area contributed by atoms with Gasteiger partial charge in [-0.05, 0) is 58.0 Å². The molecule has 0 fully saturated rings. The molecular formula is C20H22Cl2N2O2. The Morgan fingerprint density at radius 2 is 1.42 bits per heavy atom. The number of halogens is 2. The van der Waals surface area contributed by atoms with Gasteiger partial charge in [0.1, 0.15) is 0 Å². The lowest BCUT2D eigenvalue weighted by Crippen LogP contribution is -2.58. The van der Waals surface area contributed by atoms with Crippen LogP contribution >= 0.6 is 23.2 Å². The fraction of sp³-hybridized carbons (Fsp3) is 0.300. The van der Waals surface area contributed by atoms with Crippen LogP contribution in [0.4, 0.5) is 0 Å². The van der Waals surface area contributed by atoms with E-state index >= 15 is 0 Å². The summed E-state index contributed by atoms with van der Waals surface area (Å²) in [6.07, 6.45) is 0. The van der Waals surface area contributed by atoms with Crippen molar-refractivity contribution in [2.24, 2.45) is 0 Å². The van der Waals surface area contributed by atoms with Gasteiger partial charge >= 0.3 is 0 Å². The Bertz CT molecular complexity index is 781. The van der Waals surface area contributed by atoms with E-state index in [-0.39, 0.29) is 11.8 Å². The number of hydrazine groups is 1. The van der Waals surface area contributed by atoms with Crippen molar-refractivity contribution in [3.05, 3.63) is 69.7 Å². The van der Waals surface area contributed by atoms with E-state index in [1.807, 2.05) is 33.8 Å². The zero-order valence-corrected chi connectivity index (χ0v) is 16.8. The summed E-state index contributed by atoms with van der Waals surface area (Å²) in [6.45, 7) is 7.79. The third-order valence-corrected chi connectivity index (χ3v) is 4.17. The molecule has 0 aliphatic rings. The first-order chi connectivity index (χ1) is 12.1. The Labute approximate surface area is 164 Å². The number of nitrogens with zero attached hydrogens (tertiary/aromatic N) is 2. The molecule has 6 heteroatoms. The second-order valence-corrected chi connectivity index (χ2v) is 7.71. The van der Waals surface area contributed by atoms with E-state index < -0.39 is 5.54 Å². The first-order valence-electron chi connectivity index (χ1n) is 8.32. The van der Waals surface area contributed by atoms with Crippen LogP contribution in [0.2, 0.25) is 10.0 Å². The molecule has 4 nitrogen and oxygen atoms in total. The van der Waals surface area contributed by atoms with E-state index in [9.17, 15) is 9.59 Å². The van der Waals surface area contributed by atoms with Crippen molar-refractivity contribution in [1.82, 2.24) is 10.0 Å². The second kappa shape index (κ2) is 8.11. The topological polar surface area (TPSA) is 40.6 Å². The molecule has 0 N–H and O–H groups in total. The van der Waals surface area contributed by atoms with Gasteiger partial charge in [-0.3, -0.25) is 9.59 Å². The summed E-state index contributed by atoms with van der Waals surface area (Å²) in [5, 5.41) is 3.65. The molecule has 0 aliphatic heterocycles. The Hall–Kier alpha value is -2.04. The number of rotatable bonds is 3. The maximum Gasteiger partial charge on any atom is 0.273 e. The molecule has 2 rings (SSSR count). The van der Waals surface area contributed by atoms with Crippen LogP contribution in [0.5, 0.6) is 0 Å². The molecule has 138 valence electrons. The molecule has 0 bridgehead atoms. The maximum absolute atomic E-state index is 13.2. The zero-order chi connectivity index (χ0) is 19.5. The van der Waals surface area contributed by atoms with Crippen LogP contribution < -0.4 is 0 Å². The minimum atomic E-state index is -0.633. The lowest BCUT2D eigenvalue weighted by molar-refractivity contribution is -0.0410. The number of carbonyl (C=O) groups excluding carboxylic acids is 2. The van der Waals surface area contributed by atoms with Crippen molar-refractivity contribution in [1.29, 1.82) is 0 Å². The predicted molar refractivity (Wildman–Crippen MR) is 106 cm³/mol. The lowest BCUT2D eigenvalue weighted by Gasteiger charge is -2.43. The van der Waals surface area contributed by atoms with Gasteiger partial charge in [-0.1, -0.05) is 41.4 Å². The molecule has 26 heavy (non-hydrogen) atoms. The smallest absolute Gasteiger partial charge is 0.267 e. The molecule has 0 aromatic heterocycles. The van der Waals surface area contributed by atoms with E-state index in [2.05, 4.69) is 0 Å². The van der Waals surface area contributed by atoms with Gasteiger partial charge in [-0.2, -0.15) is 0 Å². The highest BCUT2D eigenvalue weighted by molar-refractivity contribution is 6.35. The summed E-state index contributed by atoms with van der Waals surface area (Å²) in [4.78, 5) is 26.3. The SMILES string of the molecule is CCN(C(=O)c1ccccc1)N(C(=O)c1cc(Cl)cc(Cl)c1)C(C)(C)C. The normalized spacial score (nSPS) is 11.2. The molecule has 0 spiro atoms. The van der Waals surface area contributed by atoms with Gasteiger partial charge in [0.25, 0.3) is 11.8 Å². The molecule has 0 radical (unpaired) electrons. The average molecular weight is 393 g/mol. The van der Waals surface area contributed by atoms with Gasteiger partial charge in [0.15, 0.2) is 0 Å². The van der Waals surface area contributed by atoms with Gasteiger partial charge in [0.05, 0.1) is 5.54 Å². The van der Waals surface area contributed by atoms with E-state index in [1.54, 1.807) is 42.5 Å². The number of amides is 2. The predicted octanol–water partition coefficient (Wildman–Crippen LogP) is 5.31. The van der Waals surface area contributed by atoms with Gasteiger partial charge in [-0.25, -0.2) is 10.0 Å². The third kappa shape index (κ3) is 4.57. The second-order valence-electron chi connectivity index (χ2n) is 6.83. The number of benzene rings is 2. The van der Waals surface area contributed by atoms with Crippen LogP contribution in [-0.4, -0.2) is 33.9 Å². The number of hydrogen-bond acceptors (Lipinski definition) is 2. The molecule has 0 aliphatic carbocycles. The summed E-state index contributed by atoms with van der Waals surface area (Å²) in [7, 11) is 0. The monoisotopic (exact) mass is 392 g/mol. The van der Waals surface area contributed by atoms with Gasteiger partial charge in [-0.15, -0.1) is 0 Å². The molecule has 0 unspecified atom stereocenters. The molecule has 0 saturated heterocycles. The molecule has 0 heterocycles. The van der Waals surface area contributed by atoms with E-state index in [1.165, 1.54) is 10.0 Å². The Kier molecular flexibility index (Phi) is 6.32. The quantitative estimate of drug-likeness (QED) is 0.663.